The van der Waals surface area contributed by atoms with E-state index in [1.807, 2.05) is 6.92 Å². The summed E-state index contributed by atoms with van der Waals surface area (Å²) in [6, 6.07) is 6.91. The van der Waals surface area contributed by atoms with E-state index in [1.165, 1.54) is 0 Å². The predicted molar refractivity (Wildman–Crippen MR) is 74.8 cm³/mol. The second kappa shape index (κ2) is 8.37. The van der Waals surface area contributed by atoms with Gasteiger partial charge in [0.15, 0.2) is 6.61 Å². The zero-order valence-corrected chi connectivity index (χ0v) is 11.3. The van der Waals surface area contributed by atoms with E-state index in [1.54, 1.807) is 24.3 Å². The second-order valence-electron chi connectivity index (χ2n) is 4.64. The van der Waals surface area contributed by atoms with E-state index < -0.39 is 0 Å². The molecule has 0 aliphatic rings. The maximum atomic E-state index is 11.5. The van der Waals surface area contributed by atoms with Crippen molar-refractivity contribution in [2.24, 2.45) is 5.92 Å². The van der Waals surface area contributed by atoms with Crippen molar-refractivity contribution in [3.63, 3.8) is 0 Å². The van der Waals surface area contributed by atoms with Crippen molar-refractivity contribution in [3.05, 3.63) is 24.3 Å². The van der Waals surface area contributed by atoms with E-state index >= 15 is 0 Å². The van der Waals surface area contributed by atoms with Gasteiger partial charge in [0.1, 0.15) is 5.75 Å². The molecule has 0 spiro atoms. The largest absolute Gasteiger partial charge is 0.484 e. The Morgan fingerprint density at radius 2 is 2.11 bits per heavy atom. The number of anilines is 1. The Morgan fingerprint density at radius 3 is 2.74 bits per heavy atom. The number of nitrogens with one attached hydrogen (secondary N) is 1. The van der Waals surface area contributed by atoms with Crippen molar-refractivity contribution < 1.29 is 14.6 Å². The normalized spacial score (nSPS) is 11.9. The summed E-state index contributed by atoms with van der Waals surface area (Å²) in [6.45, 7) is 2.77. The van der Waals surface area contributed by atoms with Crippen molar-refractivity contribution in [1.29, 1.82) is 0 Å². The van der Waals surface area contributed by atoms with E-state index in [4.69, 9.17) is 15.6 Å². The summed E-state index contributed by atoms with van der Waals surface area (Å²) in [6.07, 6.45) is 1.75. The summed E-state index contributed by atoms with van der Waals surface area (Å²) in [4.78, 5) is 11.5. The maximum absolute atomic E-state index is 11.5. The molecule has 0 saturated heterocycles. The van der Waals surface area contributed by atoms with Gasteiger partial charge in [0, 0.05) is 18.8 Å². The van der Waals surface area contributed by atoms with Crippen LogP contribution in [0.25, 0.3) is 0 Å². The number of ether oxygens (including phenoxy) is 1. The molecule has 0 fully saturated rings. The summed E-state index contributed by atoms with van der Waals surface area (Å²) in [5.41, 5.74) is 6.21. The van der Waals surface area contributed by atoms with Crippen molar-refractivity contribution in [2.75, 3.05) is 25.5 Å². The summed E-state index contributed by atoms with van der Waals surface area (Å²) in [7, 11) is 0. The molecule has 0 heterocycles. The van der Waals surface area contributed by atoms with Crippen LogP contribution in [0.3, 0.4) is 0 Å². The molecule has 0 aromatic heterocycles. The lowest BCUT2D eigenvalue weighted by Gasteiger charge is -2.09. The van der Waals surface area contributed by atoms with Crippen LogP contribution in [-0.2, 0) is 4.79 Å². The van der Waals surface area contributed by atoms with E-state index in [2.05, 4.69) is 5.32 Å². The van der Waals surface area contributed by atoms with Crippen LogP contribution in [0.2, 0.25) is 0 Å². The molecular weight excluding hydrogens is 244 g/mol. The average Bonchev–Trinajstić information content (AvgIpc) is 2.42. The standard InChI is InChI=1S/C14H22N2O3/c1-11(9-17)3-2-8-16-14(18)10-19-13-6-4-12(15)5-7-13/h4-7,11,17H,2-3,8-10,15H2,1H3,(H,16,18). The van der Waals surface area contributed by atoms with Gasteiger partial charge in [0.25, 0.3) is 5.91 Å². The molecule has 1 aromatic rings. The quantitative estimate of drug-likeness (QED) is 0.487. The molecule has 1 rings (SSSR count). The highest BCUT2D eigenvalue weighted by Gasteiger charge is 2.03. The zero-order valence-electron chi connectivity index (χ0n) is 11.3. The first-order valence-corrected chi connectivity index (χ1v) is 6.47. The smallest absolute Gasteiger partial charge is 0.257 e. The van der Waals surface area contributed by atoms with Crippen molar-refractivity contribution in [1.82, 2.24) is 5.32 Å². The topological polar surface area (TPSA) is 84.6 Å². The lowest BCUT2D eigenvalue weighted by molar-refractivity contribution is -0.123. The van der Waals surface area contributed by atoms with E-state index in [0.29, 0.717) is 18.0 Å². The SMILES string of the molecule is CC(CO)CCCNC(=O)COc1ccc(N)cc1. The highest BCUT2D eigenvalue weighted by Crippen LogP contribution is 2.12. The van der Waals surface area contributed by atoms with Crippen LogP contribution in [0.4, 0.5) is 5.69 Å². The molecule has 1 unspecified atom stereocenters. The number of amides is 1. The molecule has 4 N–H and O–H groups in total. The molecule has 0 bridgehead atoms. The molecule has 1 atom stereocenters. The van der Waals surface area contributed by atoms with Crippen LogP contribution in [0.1, 0.15) is 19.8 Å². The van der Waals surface area contributed by atoms with Crippen molar-refractivity contribution >= 4 is 11.6 Å². The first-order valence-electron chi connectivity index (χ1n) is 6.47. The van der Waals surface area contributed by atoms with E-state index in [-0.39, 0.29) is 25.0 Å². The Bertz CT molecular complexity index is 379. The van der Waals surface area contributed by atoms with Gasteiger partial charge in [-0.15, -0.1) is 0 Å². The summed E-state index contributed by atoms with van der Waals surface area (Å²) >= 11 is 0. The third-order valence-electron chi connectivity index (χ3n) is 2.76. The number of rotatable bonds is 8. The number of carbonyl (C=O) groups excluding carboxylic acids is 1. The minimum absolute atomic E-state index is 0.000524. The number of nitrogens with two attached hydrogens (primary N) is 1. The van der Waals surface area contributed by atoms with Gasteiger partial charge in [0.2, 0.25) is 0 Å². The number of aliphatic hydroxyl groups excluding tert-OH is 1. The lowest BCUT2D eigenvalue weighted by Crippen LogP contribution is -2.29. The molecule has 0 saturated carbocycles. The highest BCUT2D eigenvalue weighted by molar-refractivity contribution is 5.77. The second-order valence-corrected chi connectivity index (χ2v) is 4.64. The van der Waals surface area contributed by atoms with Crippen LogP contribution in [-0.4, -0.2) is 30.8 Å². The monoisotopic (exact) mass is 266 g/mol. The fourth-order valence-corrected chi connectivity index (χ4v) is 1.53. The van der Waals surface area contributed by atoms with Crippen LogP contribution in [0.5, 0.6) is 5.75 Å². The molecule has 5 heteroatoms. The number of benzene rings is 1. The number of nitrogen functional groups attached to an aromatic ring is 1. The summed E-state index contributed by atoms with van der Waals surface area (Å²) in [5, 5.41) is 11.6. The van der Waals surface area contributed by atoms with Crippen molar-refractivity contribution in [2.45, 2.75) is 19.8 Å². The van der Waals surface area contributed by atoms with Crippen LogP contribution in [0.15, 0.2) is 24.3 Å². The number of hydrogen-bond acceptors (Lipinski definition) is 4. The third kappa shape index (κ3) is 6.67. The van der Waals surface area contributed by atoms with Gasteiger partial charge >= 0.3 is 0 Å². The molecule has 0 aliphatic carbocycles. The fraction of sp³-hybridized carbons (Fsp3) is 0.500. The first-order chi connectivity index (χ1) is 9.11. The van der Waals surface area contributed by atoms with Gasteiger partial charge < -0.3 is 20.9 Å². The van der Waals surface area contributed by atoms with Crippen LogP contribution in [0, 0.1) is 5.92 Å². The maximum Gasteiger partial charge on any atom is 0.257 e. The number of aliphatic hydroxyl groups is 1. The molecule has 0 aliphatic heterocycles. The fourth-order valence-electron chi connectivity index (χ4n) is 1.53. The Kier molecular flexibility index (Phi) is 6.74. The lowest BCUT2D eigenvalue weighted by atomic mass is 10.1. The van der Waals surface area contributed by atoms with E-state index in [0.717, 1.165) is 12.8 Å². The van der Waals surface area contributed by atoms with Gasteiger partial charge in [-0.1, -0.05) is 6.92 Å². The van der Waals surface area contributed by atoms with Crippen molar-refractivity contribution in [3.8, 4) is 5.75 Å². The van der Waals surface area contributed by atoms with Gasteiger partial charge in [-0.05, 0) is 43.0 Å². The summed E-state index contributed by atoms with van der Waals surface area (Å²) < 4.78 is 5.31. The van der Waals surface area contributed by atoms with Gasteiger partial charge in [-0.3, -0.25) is 4.79 Å². The molecular formula is C14H22N2O3. The third-order valence-corrected chi connectivity index (χ3v) is 2.76. The Labute approximate surface area is 113 Å². The first kappa shape index (κ1) is 15.3. The van der Waals surface area contributed by atoms with Gasteiger partial charge in [0.05, 0.1) is 0 Å². The number of hydrogen-bond donors (Lipinski definition) is 3. The van der Waals surface area contributed by atoms with Crippen LogP contribution >= 0.6 is 0 Å². The van der Waals surface area contributed by atoms with Gasteiger partial charge in [-0.2, -0.15) is 0 Å². The predicted octanol–water partition coefficient (Wildman–Crippen LogP) is 1.17. The number of carbonyl (C=O) groups is 1. The van der Waals surface area contributed by atoms with Crippen LogP contribution < -0.4 is 15.8 Å². The van der Waals surface area contributed by atoms with Gasteiger partial charge in [-0.25, -0.2) is 0 Å². The minimum atomic E-state index is -0.145. The summed E-state index contributed by atoms with van der Waals surface area (Å²) in [5.74, 6) is 0.759. The Hall–Kier alpha value is -1.75. The molecule has 106 valence electrons. The Morgan fingerprint density at radius 1 is 1.42 bits per heavy atom. The molecule has 1 aromatic carbocycles. The Balaban J connectivity index is 2.12. The average molecular weight is 266 g/mol. The molecule has 0 radical (unpaired) electrons. The zero-order chi connectivity index (χ0) is 14.1. The molecule has 1 amide bonds. The molecule has 5 nitrogen and oxygen atoms in total. The molecule has 19 heavy (non-hydrogen) atoms. The van der Waals surface area contributed by atoms with E-state index in [9.17, 15) is 4.79 Å². The minimum Gasteiger partial charge on any atom is -0.484 e. The highest BCUT2D eigenvalue weighted by atomic mass is 16.5.